The first-order valence-electron chi connectivity index (χ1n) is 9.56. The van der Waals surface area contributed by atoms with Crippen LogP contribution in [0.4, 0.5) is 0 Å². The van der Waals surface area contributed by atoms with Gasteiger partial charge in [-0.3, -0.25) is 0 Å². The largest absolute Gasteiger partial charge is 0.205 e. The summed E-state index contributed by atoms with van der Waals surface area (Å²) in [5.41, 5.74) is 4.72. The maximum Gasteiger partial charge on any atom is 0.103 e. The summed E-state index contributed by atoms with van der Waals surface area (Å²) >= 11 is 0. The average molecular weight is 367 g/mol. The quantitative estimate of drug-likeness (QED) is 0.376. The smallest absolute Gasteiger partial charge is 0.103 e. The second kappa shape index (κ2) is 9.07. The monoisotopic (exact) mass is 366 g/mol. The van der Waals surface area contributed by atoms with Gasteiger partial charge in [-0.15, -0.1) is 0 Å². The van der Waals surface area contributed by atoms with E-state index in [-0.39, 0.29) is 0 Å². The molecule has 0 saturated carbocycles. The third-order valence-corrected chi connectivity index (χ3v) is 3.88. The third kappa shape index (κ3) is 7.85. The number of quaternary nitrogens is 2. The molecule has 0 saturated heterocycles. The zero-order chi connectivity index (χ0) is 19.9. The Labute approximate surface area is 164 Å². The predicted molar refractivity (Wildman–Crippen MR) is 116 cm³/mol. The van der Waals surface area contributed by atoms with Crippen molar-refractivity contribution in [2.45, 2.75) is 19.3 Å². The lowest BCUT2D eigenvalue weighted by atomic mass is 10.0. The summed E-state index contributed by atoms with van der Waals surface area (Å²) in [4.78, 5) is 0. The lowest BCUT2D eigenvalue weighted by molar-refractivity contribution is -0.877. The molecule has 0 heterocycles. The Bertz CT molecular complexity index is 696. The minimum absolute atomic E-state index is 0.572. The van der Waals surface area contributed by atoms with Gasteiger partial charge in [0.15, 0.2) is 0 Å². The van der Waals surface area contributed by atoms with Crippen LogP contribution in [0.1, 0.15) is 30.4 Å². The number of hydrogen-bond donors (Lipinski definition) is 0. The van der Waals surface area contributed by atoms with E-state index in [0.717, 1.165) is 30.7 Å². The first-order valence-corrected chi connectivity index (χ1v) is 9.56. The number of nitrogens with zero attached hydrogens (tertiary/aromatic N) is 4. The molecule has 2 rings (SSSR count). The van der Waals surface area contributed by atoms with Crippen LogP contribution in [0.25, 0.3) is 0 Å². The van der Waals surface area contributed by atoms with Gasteiger partial charge in [0, 0.05) is 11.1 Å². The Kier molecular flexibility index (Phi) is 7.05. The summed E-state index contributed by atoms with van der Waals surface area (Å²) in [6.45, 7) is 0. The highest BCUT2D eigenvalue weighted by Crippen LogP contribution is 2.15. The van der Waals surface area contributed by atoms with Gasteiger partial charge >= 0.3 is 0 Å². The molecule has 0 aliphatic carbocycles. The standard InChI is InChI=1S/C23H34N4/c1-26(2,3)24-22(20-14-9-7-10-15-20)18-13-19-23(25-27(4,5)6)21-16-11-8-12-17-21/h7-12,14-17H,13,18-19H2,1-6H3/q+2/b24-22+,25-23+. The summed E-state index contributed by atoms with van der Waals surface area (Å²) in [6, 6.07) is 21.0. The van der Waals surface area contributed by atoms with Crippen LogP contribution < -0.4 is 0 Å². The molecule has 4 heteroatoms. The van der Waals surface area contributed by atoms with Crippen LogP contribution in [0.3, 0.4) is 0 Å². The van der Waals surface area contributed by atoms with Crippen LogP contribution in [-0.2, 0) is 0 Å². The zero-order valence-electron chi connectivity index (χ0n) is 17.7. The molecule has 0 amide bonds. The van der Waals surface area contributed by atoms with E-state index in [1.807, 2.05) is 0 Å². The van der Waals surface area contributed by atoms with Crippen molar-refractivity contribution in [3.63, 3.8) is 0 Å². The molecule has 0 aliphatic rings. The highest BCUT2D eigenvalue weighted by molar-refractivity contribution is 6.02. The first-order chi connectivity index (χ1) is 12.6. The Balaban J connectivity index is 2.18. The molecule has 0 aliphatic heterocycles. The molecule has 2 aromatic carbocycles. The zero-order valence-corrected chi connectivity index (χ0v) is 17.7. The fourth-order valence-corrected chi connectivity index (χ4v) is 2.91. The van der Waals surface area contributed by atoms with E-state index in [1.165, 1.54) is 11.1 Å². The maximum atomic E-state index is 4.93. The maximum absolute atomic E-state index is 4.93. The van der Waals surface area contributed by atoms with Crippen molar-refractivity contribution in [1.29, 1.82) is 0 Å². The summed E-state index contributed by atoms with van der Waals surface area (Å²) in [5.74, 6) is 0. The average Bonchev–Trinajstić information content (AvgIpc) is 2.59. The predicted octanol–water partition coefficient (Wildman–Crippen LogP) is 4.38. The normalized spacial score (nSPS) is 13.7. The van der Waals surface area contributed by atoms with Crippen LogP contribution in [0.5, 0.6) is 0 Å². The Morgan fingerprint density at radius 2 is 0.926 bits per heavy atom. The van der Waals surface area contributed by atoms with Gasteiger partial charge < -0.3 is 0 Å². The lowest BCUT2D eigenvalue weighted by Gasteiger charge is -2.19. The number of benzene rings is 2. The van der Waals surface area contributed by atoms with Gasteiger partial charge in [0.05, 0.1) is 42.3 Å². The van der Waals surface area contributed by atoms with Crippen molar-refractivity contribution >= 4 is 11.4 Å². The van der Waals surface area contributed by atoms with Gasteiger partial charge in [-0.2, -0.15) is 0 Å². The SMILES string of the molecule is C[N+](C)(C)/N=C(\CCC/C(=N\[N+](C)(C)C)c1ccccc1)c1ccccc1. The van der Waals surface area contributed by atoms with Crippen molar-refractivity contribution in [3.8, 4) is 0 Å². The molecule has 0 radical (unpaired) electrons. The second-order valence-electron chi connectivity index (χ2n) is 8.56. The molecule has 27 heavy (non-hydrogen) atoms. The Morgan fingerprint density at radius 3 is 1.22 bits per heavy atom. The highest BCUT2D eigenvalue weighted by atomic mass is 15.6. The van der Waals surface area contributed by atoms with Gasteiger partial charge in [-0.25, -0.2) is 9.18 Å². The Morgan fingerprint density at radius 1 is 0.593 bits per heavy atom. The van der Waals surface area contributed by atoms with Crippen molar-refractivity contribution in [1.82, 2.24) is 0 Å². The molecule has 0 bridgehead atoms. The Hall–Kier alpha value is -2.30. The van der Waals surface area contributed by atoms with Crippen LogP contribution in [0, 0.1) is 0 Å². The molecule has 0 unspecified atom stereocenters. The summed E-state index contributed by atoms with van der Waals surface area (Å²) in [7, 11) is 12.6. The van der Waals surface area contributed by atoms with Gasteiger partial charge in [-0.1, -0.05) is 70.9 Å². The molecular formula is C23H34N4+2. The first kappa shape index (κ1) is 21.0. The van der Waals surface area contributed by atoms with E-state index in [0.29, 0.717) is 9.18 Å². The molecule has 0 spiro atoms. The highest BCUT2D eigenvalue weighted by Gasteiger charge is 2.15. The molecule has 0 aromatic heterocycles. The fraction of sp³-hybridized carbons (Fsp3) is 0.391. The van der Waals surface area contributed by atoms with Crippen LogP contribution in [0.15, 0.2) is 70.9 Å². The van der Waals surface area contributed by atoms with Gasteiger partial charge in [-0.05, 0) is 19.3 Å². The molecule has 2 aromatic rings. The van der Waals surface area contributed by atoms with Crippen LogP contribution in [0.2, 0.25) is 0 Å². The van der Waals surface area contributed by atoms with Crippen molar-refractivity contribution in [2.75, 3.05) is 42.3 Å². The van der Waals surface area contributed by atoms with E-state index in [4.69, 9.17) is 10.2 Å². The summed E-state index contributed by atoms with van der Waals surface area (Å²) < 4.78 is 1.14. The fourth-order valence-electron chi connectivity index (χ4n) is 2.91. The van der Waals surface area contributed by atoms with E-state index in [1.54, 1.807) is 0 Å². The molecule has 0 N–H and O–H groups in total. The van der Waals surface area contributed by atoms with Gasteiger partial charge in [0.25, 0.3) is 0 Å². The van der Waals surface area contributed by atoms with E-state index >= 15 is 0 Å². The van der Waals surface area contributed by atoms with Crippen molar-refractivity contribution < 1.29 is 9.18 Å². The molecule has 0 atom stereocenters. The molecular weight excluding hydrogens is 332 g/mol. The number of hydrogen-bond acceptors (Lipinski definition) is 2. The van der Waals surface area contributed by atoms with Crippen LogP contribution in [-0.4, -0.2) is 62.9 Å². The van der Waals surface area contributed by atoms with Crippen molar-refractivity contribution in [2.24, 2.45) is 10.2 Å². The summed E-state index contributed by atoms with van der Waals surface area (Å²) in [6.07, 6.45) is 2.88. The lowest BCUT2D eigenvalue weighted by Crippen LogP contribution is -2.30. The minimum Gasteiger partial charge on any atom is -0.205 e. The molecule has 0 fully saturated rings. The van der Waals surface area contributed by atoms with Gasteiger partial charge in [0.2, 0.25) is 0 Å². The number of rotatable bonds is 8. The topological polar surface area (TPSA) is 24.7 Å². The molecule has 4 nitrogen and oxygen atoms in total. The van der Waals surface area contributed by atoms with Gasteiger partial charge in [0.1, 0.15) is 11.4 Å². The minimum atomic E-state index is 0.572. The van der Waals surface area contributed by atoms with Crippen molar-refractivity contribution in [3.05, 3.63) is 71.8 Å². The van der Waals surface area contributed by atoms with E-state index in [9.17, 15) is 0 Å². The van der Waals surface area contributed by atoms with Crippen LogP contribution >= 0.6 is 0 Å². The molecule has 144 valence electrons. The second-order valence-corrected chi connectivity index (χ2v) is 8.56. The summed E-state index contributed by atoms with van der Waals surface area (Å²) in [5, 5.41) is 9.87. The third-order valence-electron chi connectivity index (χ3n) is 3.88. The van der Waals surface area contributed by atoms with E-state index in [2.05, 4.69) is 103 Å². The van der Waals surface area contributed by atoms with E-state index < -0.39 is 0 Å².